The summed E-state index contributed by atoms with van der Waals surface area (Å²) >= 11 is 0. The van der Waals surface area contributed by atoms with Gasteiger partial charge < -0.3 is 15.5 Å². The number of nitrogens with one attached hydrogen (secondary N) is 2. The molecule has 0 saturated carbocycles. The fourth-order valence-corrected chi connectivity index (χ4v) is 2.93. The molecule has 0 aliphatic carbocycles. The fourth-order valence-electron chi connectivity index (χ4n) is 2.93. The molecule has 0 spiro atoms. The molecular formula is C19H18F3N3O2. The Morgan fingerprint density at radius 3 is 2.37 bits per heavy atom. The van der Waals surface area contributed by atoms with Crippen LogP contribution in [0.25, 0.3) is 0 Å². The highest BCUT2D eigenvalue weighted by Crippen LogP contribution is 2.29. The van der Waals surface area contributed by atoms with Crippen molar-refractivity contribution >= 4 is 23.3 Å². The first-order chi connectivity index (χ1) is 12.8. The number of urea groups is 1. The zero-order valence-electron chi connectivity index (χ0n) is 14.3. The monoisotopic (exact) mass is 377 g/mol. The lowest BCUT2D eigenvalue weighted by Crippen LogP contribution is -2.34. The van der Waals surface area contributed by atoms with E-state index in [4.69, 9.17) is 0 Å². The van der Waals surface area contributed by atoms with E-state index in [1.165, 1.54) is 12.1 Å². The third-order valence-electron chi connectivity index (χ3n) is 4.29. The average molecular weight is 377 g/mol. The molecule has 2 N–H and O–H groups in total. The first kappa shape index (κ1) is 18.8. The Kier molecular flexibility index (Phi) is 5.34. The lowest BCUT2D eigenvalue weighted by molar-refractivity contribution is -0.137. The number of rotatable bonds is 4. The minimum atomic E-state index is -4.42. The standard InChI is InChI=1S/C19H18F3N3O2/c20-19(21,22)14-6-8-15(9-7-14)24-18(27)23-11-13-10-17(26)25(12-13)16-4-2-1-3-5-16/h1-9,13H,10-12H2,(H2,23,24,27)/t13-/m0/s1. The summed E-state index contributed by atoms with van der Waals surface area (Å²) in [7, 11) is 0. The lowest BCUT2D eigenvalue weighted by atomic mass is 10.1. The van der Waals surface area contributed by atoms with Crippen LogP contribution < -0.4 is 15.5 Å². The third-order valence-corrected chi connectivity index (χ3v) is 4.29. The number of anilines is 2. The minimum absolute atomic E-state index is 0.00357. The molecule has 1 saturated heterocycles. The molecule has 8 heteroatoms. The Bertz CT molecular complexity index is 807. The van der Waals surface area contributed by atoms with Gasteiger partial charge >= 0.3 is 12.2 Å². The first-order valence-corrected chi connectivity index (χ1v) is 8.40. The van der Waals surface area contributed by atoms with Gasteiger partial charge in [-0.05, 0) is 36.4 Å². The van der Waals surface area contributed by atoms with E-state index in [2.05, 4.69) is 10.6 Å². The number of carbonyl (C=O) groups excluding carboxylic acids is 2. The zero-order valence-corrected chi connectivity index (χ0v) is 14.3. The number of hydrogen-bond donors (Lipinski definition) is 2. The van der Waals surface area contributed by atoms with Gasteiger partial charge in [-0.15, -0.1) is 0 Å². The molecule has 2 aromatic carbocycles. The molecule has 0 radical (unpaired) electrons. The molecule has 0 bridgehead atoms. The van der Waals surface area contributed by atoms with E-state index in [9.17, 15) is 22.8 Å². The van der Waals surface area contributed by atoms with Crippen LogP contribution in [0.4, 0.5) is 29.3 Å². The zero-order chi connectivity index (χ0) is 19.4. The van der Waals surface area contributed by atoms with E-state index in [-0.39, 0.29) is 17.5 Å². The predicted octanol–water partition coefficient (Wildman–Crippen LogP) is 3.88. The summed E-state index contributed by atoms with van der Waals surface area (Å²) in [5.41, 5.74) is 0.298. The number of carbonyl (C=O) groups is 2. The van der Waals surface area contributed by atoms with Crippen LogP contribution in [0.15, 0.2) is 54.6 Å². The van der Waals surface area contributed by atoms with E-state index in [0.29, 0.717) is 19.5 Å². The molecule has 27 heavy (non-hydrogen) atoms. The Hall–Kier alpha value is -3.03. The van der Waals surface area contributed by atoms with Crippen LogP contribution in [-0.2, 0) is 11.0 Å². The lowest BCUT2D eigenvalue weighted by Gasteiger charge is -2.17. The topological polar surface area (TPSA) is 61.4 Å². The van der Waals surface area contributed by atoms with Crippen molar-refractivity contribution in [3.8, 4) is 0 Å². The number of amides is 3. The van der Waals surface area contributed by atoms with Crippen LogP contribution in [0.1, 0.15) is 12.0 Å². The van der Waals surface area contributed by atoms with Gasteiger partial charge in [0.1, 0.15) is 0 Å². The van der Waals surface area contributed by atoms with Gasteiger partial charge in [0, 0.05) is 36.8 Å². The van der Waals surface area contributed by atoms with Crippen molar-refractivity contribution in [3.05, 3.63) is 60.2 Å². The van der Waals surface area contributed by atoms with Gasteiger partial charge in [0.05, 0.1) is 5.56 Å². The summed E-state index contributed by atoms with van der Waals surface area (Å²) < 4.78 is 37.6. The van der Waals surface area contributed by atoms with Gasteiger partial charge in [0.2, 0.25) is 5.91 Å². The van der Waals surface area contributed by atoms with E-state index >= 15 is 0 Å². The molecular weight excluding hydrogens is 359 g/mol. The van der Waals surface area contributed by atoms with Gasteiger partial charge in [-0.1, -0.05) is 18.2 Å². The van der Waals surface area contributed by atoms with Gasteiger partial charge in [-0.2, -0.15) is 13.2 Å². The molecule has 1 aliphatic rings. The van der Waals surface area contributed by atoms with Crippen molar-refractivity contribution in [1.29, 1.82) is 0 Å². The van der Waals surface area contributed by atoms with Gasteiger partial charge in [0.15, 0.2) is 0 Å². The first-order valence-electron chi connectivity index (χ1n) is 8.40. The van der Waals surface area contributed by atoms with Crippen molar-refractivity contribution in [2.45, 2.75) is 12.6 Å². The van der Waals surface area contributed by atoms with Gasteiger partial charge in [-0.25, -0.2) is 4.79 Å². The highest BCUT2D eigenvalue weighted by atomic mass is 19.4. The Morgan fingerprint density at radius 2 is 1.74 bits per heavy atom. The number of halogens is 3. The SMILES string of the molecule is O=C(NC[C@@H]1CC(=O)N(c2ccccc2)C1)Nc1ccc(C(F)(F)F)cc1. The molecule has 2 aromatic rings. The molecule has 1 aliphatic heterocycles. The van der Waals surface area contributed by atoms with E-state index in [0.717, 1.165) is 17.8 Å². The quantitative estimate of drug-likeness (QED) is 0.850. The predicted molar refractivity (Wildman–Crippen MR) is 95.4 cm³/mol. The Labute approximate surface area is 154 Å². The molecule has 1 heterocycles. The van der Waals surface area contributed by atoms with Crippen molar-refractivity contribution in [3.63, 3.8) is 0 Å². The number of hydrogen-bond acceptors (Lipinski definition) is 2. The van der Waals surface area contributed by atoms with Crippen molar-refractivity contribution in [1.82, 2.24) is 5.32 Å². The van der Waals surface area contributed by atoms with Crippen LogP contribution in [0, 0.1) is 5.92 Å². The molecule has 0 aromatic heterocycles. The van der Waals surface area contributed by atoms with Gasteiger partial charge in [-0.3, -0.25) is 4.79 Å². The van der Waals surface area contributed by atoms with Crippen molar-refractivity contribution in [2.24, 2.45) is 5.92 Å². The molecule has 3 rings (SSSR count). The molecule has 142 valence electrons. The van der Waals surface area contributed by atoms with E-state index in [1.54, 1.807) is 4.90 Å². The molecule has 0 unspecified atom stereocenters. The maximum atomic E-state index is 12.5. The molecule has 1 fully saturated rings. The summed E-state index contributed by atoms with van der Waals surface area (Å²) in [6.45, 7) is 0.797. The second-order valence-corrected chi connectivity index (χ2v) is 6.32. The summed E-state index contributed by atoms with van der Waals surface area (Å²) in [5, 5.41) is 5.14. The number of para-hydroxylation sites is 1. The van der Waals surface area contributed by atoms with Gasteiger partial charge in [0.25, 0.3) is 0 Å². The minimum Gasteiger partial charge on any atom is -0.338 e. The number of alkyl halides is 3. The second-order valence-electron chi connectivity index (χ2n) is 6.32. The smallest absolute Gasteiger partial charge is 0.338 e. The summed E-state index contributed by atoms with van der Waals surface area (Å²) in [6, 6.07) is 13.0. The van der Waals surface area contributed by atoms with Crippen LogP contribution in [-0.4, -0.2) is 25.0 Å². The fraction of sp³-hybridized carbons (Fsp3) is 0.263. The Balaban J connectivity index is 1.49. The highest BCUT2D eigenvalue weighted by molar-refractivity contribution is 5.96. The number of nitrogens with zero attached hydrogens (tertiary/aromatic N) is 1. The maximum Gasteiger partial charge on any atom is 0.416 e. The summed E-state index contributed by atoms with van der Waals surface area (Å²) in [4.78, 5) is 25.8. The highest BCUT2D eigenvalue weighted by Gasteiger charge is 2.31. The molecule has 5 nitrogen and oxygen atoms in total. The van der Waals surface area contributed by atoms with E-state index in [1.807, 2.05) is 30.3 Å². The Morgan fingerprint density at radius 1 is 1.07 bits per heavy atom. The molecule has 3 amide bonds. The van der Waals surface area contributed by atoms with Crippen LogP contribution in [0.3, 0.4) is 0 Å². The van der Waals surface area contributed by atoms with Crippen molar-refractivity contribution in [2.75, 3.05) is 23.3 Å². The summed E-state index contributed by atoms with van der Waals surface area (Å²) in [6.07, 6.45) is -4.09. The second kappa shape index (κ2) is 7.69. The van der Waals surface area contributed by atoms with Crippen LogP contribution in [0.2, 0.25) is 0 Å². The summed E-state index contributed by atoms with van der Waals surface area (Å²) in [5.74, 6) is -0.0350. The van der Waals surface area contributed by atoms with Crippen LogP contribution in [0.5, 0.6) is 0 Å². The normalized spacial score (nSPS) is 17.1. The van der Waals surface area contributed by atoms with Crippen LogP contribution >= 0.6 is 0 Å². The maximum absolute atomic E-state index is 12.5. The molecule has 1 atom stereocenters. The van der Waals surface area contributed by atoms with E-state index < -0.39 is 17.8 Å². The largest absolute Gasteiger partial charge is 0.416 e. The average Bonchev–Trinajstić information content (AvgIpc) is 3.01. The number of benzene rings is 2. The third kappa shape index (κ3) is 4.78. The van der Waals surface area contributed by atoms with Crippen molar-refractivity contribution < 1.29 is 22.8 Å².